The molecule has 2 aromatic rings. The van der Waals surface area contributed by atoms with Gasteiger partial charge in [0, 0.05) is 12.0 Å². The topological polar surface area (TPSA) is 37.3 Å². The van der Waals surface area contributed by atoms with Crippen LogP contribution in [0.3, 0.4) is 0 Å². The number of terminal acetylenes is 1. The van der Waals surface area contributed by atoms with Gasteiger partial charge in [-0.25, -0.2) is 0 Å². The molecule has 0 amide bonds. The number of aliphatic hydroxyl groups excluding tert-OH is 1. The molecule has 0 fully saturated rings. The predicted octanol–water partition coefficient (Wildman–Crippen LogP) is 8.98. The second kappa shape index (κ2) is 19.7. The van der Waals surface area contributed by atoms with E-state index >= 15 is 0 Å². The fourth-order valence-corrected chi connectivity index (χ4v) is 3.34. The van der Waals surface area contributed by atoms with E-state index in [1.165, 1.54) is 27.5 Å². The maximum absolute atomic E-state index is 9.81. The minimum Gasteiger partial charge on any atom is -0.392 e. The largest absolute Gasteiger partial charge is 0.392 e. The van der Waals surface area contributed by atoms with E-state index in [1.54, 1.807) is 6.92 Å². The number of carbonyl (C=O) groups excluding carboxylic acids is 1. The zero-order valence-electron chi connectivity index (χ0n) is 24.1. The summed E-state index contributed by atoms with van der Waals surface area (Å²) in [5, 5.41) is 11.7. The highest BCUT2D eigenvalue weighted by Crippen LogP contribution is 2.23. The molecule has 2 heteroatoms. The normalized spacial score (nSPS) is 13.3. The van der Waals surface area contributed by atoms with Gasteiger partial charge in [-0.05, 0) is 73.6 Å². The van der Waals surface area contributed by atoms with Crippen molar-refractivity contribution in [3.8, 4) is 12.3 Å². The molecule has 0 saturated carbocycles. The highest BCUT2D eigenvalue weighted by atomic mass is 16.3. The average molecular weight is 499 g/mol. The molecule has 0 bridgehead atoms. The van der Waals surface area contributed by atoms with Crippen LogP contribution in [0.15, 0.2) is 101 Å². The van der Waals surface area contributed by atoms with Gasteiger partial charge >= 0.3 is 0 Å². The summed E-state index contributed by atoms with van der Waals surface area (Å²) in [7, 11) is 0. The molecule has 0 aliphatic carbocycles. The SMILES string of the molecule is C#CC(/C=C\C(C)C(/C=C\C)=C/C=C(\C)CO)=C(/C)Cc1cccc2ccccc12.CC.CCC(C)=O. The molecule has 2 rings (SSSR count). The number of ketones is 1. The minimum absolute atomic E-state index is 0.0706. The molecule has 37 heavy (non-hydrogen) atoms. The molecule has 0 spiro atoms. The minimum atomic E-state index is 0.0706. The number of benzene rings is 2. The van der Waals surface area contributed by atoms with Crippen LogP contribution >= 0.6 is 0 Å². The molecule has 0 radical (unpaired) electrons. The molecule has 0 aliphatic heterocycles. The van der Waals surface area contributed by atoms with E-state index in [0.29, 0.717) is 6.42 Å². The van der Waals surface area contributed by atoms with Crippen molar-refractivity contribution >= 4 is 16.6 Å². The summed E-state index contributed by atoms with van der Waals surface area (Å²) in [5.74, 6) is 3.33. The van der Waals surface area contributed by atoms with E-state index in [-0.39, 0.29) is 18.3 Å². The Labute approximate surface area is 226 Å². The van der Waals surface area contributed by atoms with Gasteiger partial charge in [-0.3, -0.25) is 0 Å². The lowest BCUT2D eigenvalue weighted by Gasteiger charge is -2.10. The molecular weight excluding hydrogens is 452 g/mol. The Kier molecular flexibility index (Phi) is 17.9. The van der Waals surface area contributed by atoms with Crippen LogP contribution in [0, 0.1) is 18.3 Å². The first-order valence-corrected chi connectivity index (χ1v) is 13.2. The first-order valence-electron chi connectivity index (χ1n) is 13.2. The van der Waals surface area contributed by atoms with Gasteiger partial charge in [0.15, 0.2) is 0 Å². The lowest BCUT2D eigenvalue weighted by atomic mass is 9.94. The van der Waals surface area contributed by atoms with E-state index in [0.717, 1.165) is 17.6 Å². The van der Waals surface area contributed by atoms with Gasteiger partial charge in [0.25, 0.3) is 0 Å². The van der Waals surface area contributed by atoms with Crippen molar-refractivity contribution in [2.45, 2.75) is 68.2 Å². The van der Waals surface area contributed by atoms with Gasteiger partial charge in [0.2, 0.25) is 0 Å². The number of allylic oxidation sites excluding steroid dienone is 9. The molecule has 0 heterocycles. The molecule has 0 aliphatic rings. The highest BCUT2D eigenvalue weighted by molar-refractivity contribution is 5.86. The van der Waals surface area contributed by atoms with Crippen molar-refractivity contribution in [2.24, 2.45) is 5.92 Å². The molecule has 2 nitrogen and oxygen atoms in total. The van der Waals surface area contributed by atoms with Crippen molar-refractivity contribution in [1.82, 2.24) is 0 Å². The quantitative estimate of drug-likeness (QED) is 0.277. The van der Waals surface area contributed by atoms with Gasteiger partial charge in [-0.2, -0.15) is 0 Å². The molecule has 2 aromatic carbocycles. The fraction of sp³-hybridized carbons (Fsp3) is 0.343. The molecule has 1 unspecified atom stereocenters. The number of rotatable bonds is 9. The van der Waals surface area contributed by atoms with Gasteiger partial charge in [0.05, 0.1) is 6.61 Å². The van der Waals surface area contributed by atoms with Crippen LogP contribution in [0.4, 0.5) is 0 Å². The summed E-state index contributed by atoms with van der Waals surface area (Å²) in [6.07, 6.45) is 19.7. The summed E-state index contributed by atoms with van der Waals surface area (Å²) in [6, 6.07) is 14.9. The van der Waals surface area contributed by atoms with Gasteiger partial charge in [-0.1, -0.05) is 112 Å². The van der Waals surface area contributed by atoms with E-state index in [2.05, 4.69) is 86.5 Å². The number of fused-ring (bicyclic) bond motifs is 1. The van der Waals surface area contributed by atoms with Crippen LogP contribution in [0.25, 0.3) is 10.8 Å². The third-order valence-electron chi connectivity index (χ3n) is 5.69. The number of Topliss-reactive ketones (excluding diaryl/α,β-unsaturated/α-hetero) is 1. The van der Waals surface area contributed by atoms with E-state index in [1.807, 2.05) is 46.8 Å². The molecule has 1 atom stereocenters. The van der Waals surface area contributed by atoms with Crippen LogP contribution in [0.1, 0.15) is 67.4 Å². The second-order valence-corrected chi connectivity index (χ2v) is 8.69. The molecular formula is C35H46O2. The van der Waals surface area contributed by atoms with Crippen molar-refractivity contribution in [1.29, 1.82) is 0 Å². The Balaban J connectivity index is 0.00000165. The lowest BCUT2D eigenvalue weighted by Crippen LogP contribution is -1.95. The number of carbonyl (C=O) groups is 1. The van der Waals surface area contributed by atoms with Gasteiger partial charge in [-0.15, -0.1) is 6.42 Å². The van der Waals surface area contributed by atoms with Crippen LogP contribution in [-0.4, -0.2) is 17.5 Å². The lowest BCUT2D eigenvalue weighted by molar-refractivity contribution is -0.116. The van der Waals surface area contributed by atoms with E-state index < -0.39 is 0 Å². The second-order valence-electron chi connectivity index (χ2n) is 8.69. The Morgan fingerprint density at radius 1 is 1.03 bits per heavy atom. The van der Waals surface area contributed by atoms with Crippen molar-refractivity contribution in [2.75, 3.05) is 6.61 Å². The Morgan fingerprint density at radius 3 is 2.22 bits per heavy atom. The van der Waals surface area contributed by atoms with Crippen LogP contribution in [0.5, 0.6) is 0 Å². The van der Waals surface area contributed by atoms with Crippen molar-refractivity contribution < 1.29 is 9.90 Å². The summed E-state index contributed by atoms with van der Waals surface area (Å²) in [5.41, 5.74) is 5.51. The standard InChI is InChI=1S/C29H32O.C4H8O.C2H6/c1-6-11-26(18-16-22(3)21-30)23(4)17-19-25(7-2)24(5)20-28-14-10-13-27-12-8-9-15-29(27)28;1-3-4(2)5;1-2/h2,6,8-19,23,30H,20-21H2,1,3-5H3;3H2,1-2H3;1-2H3/b11-6-,19-17-,22-16+,25-24+,26-18+;;. The van der Waals surface area contributed by atoms with E-state index in [4.69, 9.17) is 6.42 Å². The number of aliphatic hydroxyl groups is 1. The maximum atomic E-state index is 9.81. The zero-order chi connectivity index (χ0) is 28.2. The van der Waals surface area contributed by atoms with Gasteiger partial charge < -0.3 is 9.90 Å². The third kappa shape index (κ3) is 12.9. The van der Waals surface area contributed by atoms with Crippen LogP contribution in [0.2, 0.25) is 0 Å². The molecule has 0 aromatic heterocycles. The Bertz CT molecular complexity index is 1160. The first-order chi connectivity index (χ1) is 17.8. The number of hydrogen-bond acceptors (Lipinski definition) is 2. The summed E-state index contributed by atoms with van der Waals surface area (Å²) in [4.78, 5) is 9.81. The molecule has 198 valence electrons. The van der Waals surface area contributed by atoms with E-state index in [9.17, 15) is 9.90 Å². The first kappa shape index (κ1) is 33.6. The fourth-order valence-electron chi connectivity index (χ4n) is 3.34. The monoisotopic (exact) mass is 498 g/mol. The highest BCUT2D eigenvalue weighted by Gasteiger charge is 2.05. The van der Waals surface area contributed by atoms with Crippen molar-refractivity contribution in [3.63, 3.8) is 0 Å². The van der Waals surface area contributed by atoms with Crippen molar-refractivity contribution in [3.05, 3.63) is 107 Å². The zero-order valence-corrected chi connectivity index (χ0v) is 24.1. The van der Waals surface area contributed by atoms with Crippen LogP contribution < -0.4 is 0 Å². The maximum Gasteiger partial charge on any atom is 0.129 e. The Hall–Kier alpha value is -3.41. The van der Waals surface area contributed by atoms with Gasteiger partial charge in [0.1, 0.15) is 5.78 Å². The smallest absolute Gasteiger partial charge is 0.129 e. The summed E-state index contributed by atoms with van der Waals surface area (Å²) < 4.78 is 0. The summed E-state index contributed by atoms with van der Waals surface area (Å²) >= 11 is 0. The average Bonchev–Trinajstić information content (AvgIpc) is 2.92. The Morgan fingerprint density at radius 2 is 1.65 bits per heavy atom. The molecule has 1 N–H and O–H groups in total. The third-order valence-corrected chi connectivity index (χ3v) is 5.69. The predicted molar refractivity (Wildman–Crippen MR) is 164 cm³/mol. The number of hydrogen-bond donors (Lipinski definition) is 1. The molecule has 0 saturated heterocycles. The van der Waals surface area contributed by atoms with Crippen LogP contribution in [-0.2, 0) is 11.2 Å². The summed E-state index contributed by atoms with van der Waals surface area (Å²) in [6.45, 7) is 15.7.